The molecule has 0 aromatic rings. The Morgan fingerprint density at radius 2 is 2.29 bits per heavy atom. The molecule has 1 unspecified atom stereocenters. The molecular weight excluding hydrogens is 220 g/mol. The number of amides is 2. The monoisotopic (exact) mass is 238 g/mol. The zero-order valence-electron chi connectivity index (χ0n) is 9.82. The smallest absolute Gasteiger partial charge is 0.317 e. The van der Waals surface area contributed by atoms with Crippen LogP contribution in [0, 0.1) is 18.3 Å². The molecule has 94 valence electrons. The van der Waals surface area contributed by atoms with Gasteiger partial charge in [-0.3, -0.25) is 4.79 Å². The van der Waals surface area contributed by atoms with Crippen molar-refractivity contribution < 1.29 is 14.7 Å². The maximum atomic E-state index is 11.7. The molecule has 1 aliphatic rings. The predicted molar refractivity (Wildman–Crippen MR) is 63.4 cm³/mol. The molecule has 0 bridgehead atoms. The van der Waals surface area contributed by atoms with Crippen molar-refractivity contribution in [1.29, 1.82) is 0 Å². The van der Waals surface area contributed by atoms with Crippen molar-refractivity contribution in [1.82, 2.24) is 10.2 Å². The Bertz CT molecular complexity index is 322. The second-order valence-electron chi connectivity index (χ2n) is 4.16. The molecule has 1 fully saturated rings. The summed E-state index contributed by atoms with van der Waals surface area (Å²) in [6, 6.07) is -0.187. The molecule has 0 aliphatic carbocycles. The molecule has 2 amide bonds. The minimum absolute atomic E-state index is 0.187. The zero-order valence-corrected chi connectivity index (χ0v) is 9.82. The van der Waals surface area contributed by atoms with Crippen molar-refractivity contribution in [2.45, 2.75) is 25.7 Å². The number of unbranched alkanes of at least 4 members (excludes halogenated alkanes) is 1. The lowest BCUT2D eigenvalue weighted by Gasteiger charge is -2.30. The molecule has 1 atom stereocenters. The van der Waals surface area contributed by atoms with Crippen molar-refractivity contribution in [2.24, 2.45) is 5.92 Å². The molecule has 1 saturated heterocycles. The van der Waals surface area contributed by atoms with E-state index in [9.17, 15) is 9.59 Å². The summed E-state index contributed by atoms with van der Waals surface area (Å²) in [6.45, 7) is 1.47. The van der Waals surface area contributed by atoms with Gasteiger partial charge in [-0.15, -0.1) is 12.3 Å². The minimum Gasteiger partial charge on any atom is -0.481 e. The molecule has 0 aromatic heterocycles. The van der Waals surface area contributed by atoms with Crippen molar-refractivity contribution in [3.05, 3.63) is 0 Å². The Balaban J connectivity index is 2.31. The van der Waals surface area contributed by atoms with E-state index >= 15 is 0 Å². The summed E-state index contributed by atoms with van der Waals surface area (Å²) in [5.74, 6) is 1.25. The fourth-order valence-corrected chi connectivity index (χ4v) is 1.86. The first-order chi connectivity index (χ1) is 8.15. The highest BCUT2D eigenvalue weighted by molar-refractivity contribution is 5.76. The molecule has 1 heterocycles. The summed E-state index contributed by atoms with van der Waals surface area (Å²) in [7, 11) is 0. The molecule has 5 heteroatoms. The van der Waals surface area contributed by atoms with E-state index in [1.807, 2.05) is 0 Å². The van der Waals surface area contributed by atoms with E-state index in [1.54, 1.807) is 4.90 Å². The molecule has 1 aliphatic heterocycles. The number of carboxylic acids is 1. The molecular formula is C12H18N2O3. The van der Waals surface area contributed by atoms with Crippen LogP contribution in [-0.2, 0) is 4.79 Å². The van der Waals surface area contributed by atoms with Crippen LogP contribution >= 0.6 is 0 Å². The Hall–Kier alpha value is -1.70. The Morgan fingerprint density at radius 3 is 2.94 bits per heavy atom. The van der Waals surface area contributed by atoms with E-state index < -0.39 is 11.9 Å². The van der Waals surface area contributed by atoms with E-state index in [1.165, 1.54) is 0 Å². The highest BCUT2D eigenvalue weighted by Crippen LogP contribution is 2.16. The second-order valence-corrected chi connectivity index (χ2v) is 4.16. The van der Waals surface area contributed by atoms with Crippen molar-refractivity contribution >= 4 is 12.0 Å². The summed E-state index contributed by atoms with van der Waals surface area (Å²) in [6.07, 6.45) is 7.88. The number of nitrogens with zero attached hydrogens (tertiary/aromatic N) is 1. The minimum atomic E-state index is -0.824. The third-order valence-electron chi connectivity index (χ3n) is 2.83. The van der Waals surface area contributed by atoms with Gasteiger partial charge in [0.1, 0.15) is 0 Å². The van der Waals surface area contributed by atoms with Gasteiger partial charge in [-0.25, -0.2) is 4.79 Å². The van der Waals surface area contributed by atoms with Crippen molar-refractivity contribution in [3.63, 3.8) is 0 Å². The third kappa shape index (κ3) is 4.35. The van der Waals surface area contributed by atoms with Crippen LogP contribution in [-0.4, -0.2) is 41.6 Å². The molecule has 17 heavy (non-hydrogen) atoms. The first-order valence-corrected chi connectivity index (χ1v) is 5.84. The topological polar surface area (TPSA) is 69.6 Å². The van der Waals surface area contributed by atoms with Gasteiger partial charge in [-0.1, -0.05) is 0 Å². The van der Waals surface area contributed by atoms with Crippen molar-refractivity contribution in [2.75, 3.05) is 19.6 Å². The number of urea groups is 1. The Morgan fingerprint density at radius 1 is 1.53 bits per heavy atom. The number of carboxylic acid groups (broad SMARTS) is 1. The average molecular weight is 238 g/mol. The fourth-order valence-electron chi connectivity index (χ4n) is 1.86. The quantitative estimate of drug-likeness (QED) is 0.565. The van der Waals surface area contributed by atoms with Gasteiger partial charge in [0.2, 0.25) is 0 Å². The van der Waals surface area contributed by atoms with Crippen LogP contribution in [0.3, 0.4) is 0 Å². The Kier molecular flexibility index (Phi) is 5.34. The number of carbonyl (C=O) groups is 2. The molecule has 5 nitrogen and oxygen atoms in total. The summed E-state index contributed by atoms with van der Waals surface area (Å²) in [4.78, 5) is 24.1. The van der Waals surface area contributed by atoms with Gasteiger partial charge < -0.3 is 15.3 Å². The number of likely N-dealkylation sites (tertiary alicyclic amines) is 1. The number of carbonyl (C=O) groups excluding carboxylic acids is 1. The number of hydrogen-bond donors (Lipinski definition) is 2. The normalized spacial score (nSPS) is 19.5. The summed E-state index contributed by atoms with van der Waals surface area (Å²) < 4.78 is 0. The fraction of sp³-hybridized carbons (Fsp3) is 0.667. The lowest BCUT2D eigenvalue weighted by atomic mass is 9.99. The Labute approximate surface area is 101 Å². The molecule has 0 spiro atoms. The van der Waals surface area contributed by atoms with Crippen molar-refractivity contribution in [3.8, 4) is 12.3 Å². The maximum Gasteiger partial charge on any atom is 0.317 e. The van der Waals surface area contributed by atoms with Gasteiger partial charge in [0.15, 0.2) is 0 Å². The van der Waals surface area contributed by atoms with E-state index in [-0.39, 0.29) is 6.03 Å². The van der Waals surface area contributed by atoms with Crippen LogP contribution in [0.4, 0.5) is 4.79 Å². The van der Waals surface area contributed by atoms with Gasteiger partial charge in [-0.05, 0) is 19.3 Å². The number of terminal acetylenes is 1. The lowest BCUT2D eigenvalue weighted by Crippen LogP contribution is -2.47. The first-order valence-electron chi connectivity index (χ1n) is 5.84. The summed E-state index contributed by atoms with van der Waals surface area (Å²) in [5.41, 5.74) is 0. The number of hydrogen-bond acceptors (Lipinski definition) is 2. The van der Waals surface area contributed by atoms with Crippen LogP contribution in [0.25, 0.3) is 0 Å². The highest BCUT2D eigenvalue weighted by atomic mass is 16.4. The second kappa shape index (κ2) is 6.79. The van der Waals surface area contributed by atoms with E-state index in [0.717, 1.165) is 12.8 Å². The molecule has 0 aromatic carbocycles. The van der Waals surface area contributed by atoms with Gasteiger partial charge in [0, 0.05) is 26.1 Å². The van der Waals surface area contributed by atoms with Crippen LogP contribution < -0.4 is 5.32 Å². The first kappa shape index (κ1) is 13.4. The van der Waals surface area contributed by atoms with Crippen LogP contribution in [0.5, 0.6) is 0 Å². The predicted octanol–water partition coefficient (Wildman–Crippen LogP) is 0.906. The van der Waals surface area contributed by atoms with Crippen LogP contribution in [0.15, 0.2) is 0 Å². The SMILES string of the molecule is C#CCCCNC(=O)N1CCCC(C(=O)O)C1. The number of nitrogens with one attached hydrogen (secondary N) is 1. The summed E-state index contributed by atoms with van der Waals surface area (Å²) in [5, 5.41) is 11.6. The number of rotatable bonds is 4. The van der Waals surface area contributed by atoms with Gasteiger partial charge >= 0.3 is 12.0 Å². The van der Waals surface area contributed by atoms with Gasteiger partial charge in [-0.2, -0.15) is 0 Å². The van der Waals surface area contributed by atoms with E-state index in [4.69, 9.17) is 11.5 Å². The summed E-state index contributed by atoms with van der Waals surface area (Å²) >= 11 is 0. The average Bonchev–Trinajstić information content (AvgIpc) is 2.34. The van der Waals surface area contributed by atoms with Gasteiger partial charge in [0.05, 0.1) is 5.92 Å². The highest BCUT2D eigenvalue weighted by Gasteiger charge is 2.27. The van der Waals surface area contributed by atoms with Gasteiger partial charge in [0.25, 0.3) is 0 Å². The molecule has 0 saturated carbocycles. The zero-order chi connectivity index (χ0) is 12.7. The van der Waals surface area contributed by atoms with Crippen LogP contribution in [0.2, 0.25) is 0 Å². The largest absolute Gasteiger partial charge is 0.481 e. The maximum absolute atomic E-state index is 11.7. The van der Waals surface area contributed by atoms with E-state index in [0.29, 0.717) is 32.5 Å². The third-order valence-corrected chi connectivity index (χ3v) is 2.83. The number of piperidine rings is 1. The molecule has 0 radical (unpaired) electrons. The standard InChI is InChI=1S/C12H18N2O3/c1-2-3-4-7-13-12(17)14-8-5-6-10(9-14)11(15)16/h1,10H,3-9H2,(H,13,17)(H,15,16). The molecule has 1 rings (SSSR count). The molecule has 2 N–H and O–H groups in total. The number of aliphatic carboxylic acids is 1. The van der Waals surface area contributed by atoms with Crippen LogP contribution in [0.1, 0.15) is 25.7 Å². The lowest BCUT2D eigenvalue weighted by molar-refractivity contribution is -0.143. The van der Waals surface area contributed by atoms with E-state index in [2.05, 4.69) is 11.2 Å².